The van der Waals surface area contributed by atoms with E-state index < -0.39 is 90.9 Å². The number of β-amino-alcohol motifs (C(OH)–C–C–N with tert-alkyl or cyclic N) is 1. The number of hydrogen-bond acceptors (Lipinski definition) is 11. The first-order valence-electron chi connectivity index (χ1n) is 18.4. The number of primary amides is 1. The van der Waals surface area contributed by atoms with Gasteiger partial charge in [0.2, 0.25) is 35.4 Å². The van der Waals surface area contributed by atoms with Crippen LogP contribution in [0.5, 0.6) is 0 Å². The van der Waals surface area contributed by atoms with Crippen molar-refractivity contribution in [2.24, 2.45) is 17.6 Å². The average molecular weight is 762 g/mol. The van der Waals surface area contributed by atoms with E-state index in [0.717, 1.165) is 5.56 Å². The molecule has 0 aromatic heterocycles. The molecule has 1 aliphatic heterocycles. The molecule has 1 aromatic carbocycles. The van der Waals surface area contributed by atoms with Crippen molar-refractivity contribution in [3.8, 4) is 0 Å². The molecule has 54 heavy (non-hydrogen) atoms. The van der Waals surface area contributed by atoms with E-state index in [0.29, 0.717) is 25.8 Å². The molecular weight excluding hydrogens is 702 g/mol. The first-order chi connectivity index (χ1) is 25.5. The van der Waals surface area contributed by atoms with Crippen LogP contribution in [0.15, 0.2) is 30.3 Å². The van der Waals surface area contributed by atoms with Crippen molar-refractivity contribution in [2.45, 2.75) is 115 Å². The van der Waals surface area contributed by atoms with E-state index in [9.17, 15) is 43.8 Å². The van der Waals surface area contributed by atoms with E-state index in [4.69, 9.17) is 10.5 Å². The van der Waals surface area contributed by atoms with Crippen LogP contribution in [0, 0.1) is 11.8 Å². The Morgan fingerprint density at radius 3 is 2.07 bits per heavy atom. The van der Waals surface area contributed by atoms with E-state index in [-0.39, 0.29) is 37.1 Å². The second-order valence-corrected chi connectivity index (χ2v) is 14.3. The van der Waals surface area contributed by atoms with Gasteiger partial charge in [-0.3, -0.25) is 33.7 Å². The quantitative estimate of drug-likeness (QED) is 0.0640. The molecule has 0 radical (unpaired) electrons. The Hall–Kier alpha value is -4.61. The number of rotatable bonds is 22. The second-order valence-electron chi connectivity index (χ2n) is 14.3. The molecule has 0 saturated carbocycles. The molecule has 1 aliphatic rings. The Bertz CT molecular complexity index is 1430. The summed E-state index contributed by atoms with van der Waals surface area (Å²) in [7, 11) is 1.26. The van der Waals surface area contributed by atoms with Crippen LogP contribution in [-0.4, -0.2) is 126 Å². The second kappa shape index (κ2) is 22.6. The molecular formula is C37H59N7O10. The Morgan fingerprint density at radius 1 is 0.907 bits per heavy atom. The summed E-state index contributed by atoms with van der Waals surface area (Å²) in [5, 5.41) is 34.2. The summed E-state index contributed by atoms with van der Waals surface area (Å²) in [5.41, 5.74) is 6.24. The number of esters is 1. The zero-order valence-corrected chi connectivity index (χ0v) is 32.1. The molecule has 6 amide bonds. The molecule has 0 unspecified atom stereocenters. The van der Waals surface area contributed by atoms with E-state index >= 15 is 0 Å². The molecule has 1 fully saturated rings. The maximum absolute atomic E-state index is 13.8. The number of nitrogens with one attached hydrogen (secondary N) is 5. The third-order valence-electron chi connectivity index (χ3n) is 9.40. The molecule has 1 heterocycles. The monoisotopic (exact) mass is 761 g/mol. The zero-order chi connectivity index (χ0) is 40.5. The number of aliphatic hydroxyl groups is 2. The molecule has 9 N–H and O–H groups in total. The normalized spacial score (nSPS) is 18.2. The predicted molar refractivity (Wildman–Crippen MR) is 198 cm³/mol. The number of aliphatic hydroxyl groups excluding tert-OH is 2. The van der Waals surface area contributed by atoms with Crippen LogP contribution in [0.4, 0.5) is 0 Å². The fourth-order valence-electron chi connectivity index (χ4n) is 6.29. The van der Waals surface area contributed by atoms with Crippen LogP contribution in [0.1, 0.15) is 72.3 Å². The van der Waals surface area contributed by atoms with E-state index in [2.05, 4.69) is 26.6 Å². The molecule has 1 aromatic rings. The lowest BCUT2D eigenvalue weighted by molar-refractivity contribution is -0.147. The van der Waals surface area contributed by atoms with Crippen molar-refractivity contribution < 1.29 is 48.5 Å². The highest BCUT2D eigenvalue weighted by molar-refractivity contribution is 5.95. The molecule has 0 bridgehead atoms. The lowest BCUT2D eigenvalue weighted by Crippen LogP contribution is -2.60. The Kier molecular flexibility index (Phi) is 19.0. The van der Waals surface area contributed by atoms with Gasteiger partial charge in [-0.05, 0) is 49.6 Å². The van der Waals surface area contributed by atoms with Crippen molar-refractivity contribution in [2.75, 3.05) is 26.8 Å². The van der Waals surface area contributed by atoms with E-state index in [1.54, 1.807) is 30.9 Å². The molecule has 8 atom stereocenters. The van der Waals surface area contributed by atoms with Gasteiger partial charge in [-0.25, -0.2) is 4.79 Å². The van der Waals surface area contributed by atoms with Gasteiger partial charge in [-0.1, -0.05) is 64.4 Å². The fraction of sp³-hybridized carbons (Fsp3) is 0.649. The average Bonchev–Trinajstić information content (AvgIpc) is 3.59. The van der Waals surface area contributed by atoms with E-state index in [1.165, 1.54) is 14.0 Å². The van der Waals surface area contributed by atoms with E-state index in [1.807, 2.05) is 32.0 Å². The van der Waals surface area contributed by atoms with Crippen molar-refractivity contribution in [1.82, 2.24) is 31.5 Å². The highest BCUT2D eigenvalue weighted by Gasteiger charge is 2.38. The highest BCUT2D eigenvalue weighted by Crippen LogP contribution is 2.21. The summed E-state index contributed by atoms with van der Waals surface area (Å²) in [6.45, 7) is 8.21. The number of hydrogen-bond donors (Lipinski definition) is 8. The minimum absolute atomic E-state index is 0.0300. The molecule has 0 aliphatic carbocycles. The Morgan fingerprint density at radius 2 is 1.52 bits per heavy atom. The largest absolute Gasteiger partial charge is 0.467 e. The van der Waals surface area contributed by atoms with Crippen LogP contribution in [0.25, 0.3) is 0 Å². The number of benzene rings is 1. The van der Waals surface area contributed by atoms with Gasteiger partial charge in [0, 0.05) is 13.5 Å². The van der Waals surface area contributed by atoms with Crippen LogP contribution < -0.4 is 32.3 Å². The Labute approximate surface area is 316 Å². The fourth-order valence-corrected chi connectivity index (χ4v) is 6.29. The van der Waals surface area contributed by atoms with Crippen LogP contribution in [-0.2, 0) is 44.7 Å². The third kappa shape index (κ3) is 14.7. The molecule has 302 valence electrons. The van der Waals surface area contributed by atoms with Gasteiger partial charge in [0.25, 0.3) is 0 Å². The molecule has 0 spiro atoms. The highest BCUT2D eigenvalue weighted by atomic mass is 16.5. The first kappa shape index (κ1) is 45.5. The summed E-state index contributed by atoms with van der Waals surface area (Å²) < 4.78 is 4.91. The number of carbonyl (C=O) groups excluding carboxylic acids is 7. The van der Waals surface area contributed by atoms with Crippen molar-refractivity contribution in [1.29, 1.82) is 0 Å². The number of carbonyl (C=O) groups is 7. The maximum atomic E-state index is 13.8. The zero-order valence-electron chi connectivity index (χ0n) is 32.1. The lowest BCUT2D eigenvalue weighted by atomic mass is 9.98. The van der Waals surface area contributed by atoms with Crippen molar-refractivity contribution in [3.05, 3.63) is 35.9 Å². The molecule has 17 nitrogen and oxygen atoms in total. The van der Waals surface area contributed by atoms with Gasteiger partial charge in [-0.15, -0.1) is 0 Å². The number of methoxy groups -OCH3 is 1. The third-order valence-corrected chi connectivity index (χ3v) is 9.40. The smallest absolute Gasteiger partial charge is 0.328 e. The van der Waals surface area contributed by atoms with Crippen LogP contribution in [0.2, 0.25) is 0 Å². The van der Waals surface area contributed by atoms with Crippen LogP contribution in [0.3, 0.4) is 0 Å². The standard InChI is InChI=1S/C37H59N7O10/c1-7-22(4)32(37(53)54-6)43-36(52)29-14-11-15-44(29)19-30(47)25(17-24-12-9-8-10-13-24)40-34(50)27(18-31(38)48)42-33(49)26(16-21(2)3)41-35(51)28(20-45)39-23(5)46/h8-10,12-13,21-22,25-30,32,45,47H,7,11,14-20H2,1-6H3,(H2,38,48)(H,39,46)(H,40,50)(H,41,51)(H,42,49)(H,43,52)/t22-,25-,26-,27-,28-,29-,30+,32-/m0/s1. The van der Waals surface area contributed by atoms with Crippen molar-refractivity contribution in [3.63, 3.8) is 0 Å². The molecule has 1 saturated heterocycles. The number of nitrogens with zero attached hydrogens (tertiary/aromatic N) is 1. The topological polar surface area (TPSA) is 259 Å². The van der Waals surface area contributed by atoms with Gasteiger partial charge >= 0.3 is 5.97 Å². The first-order valence-corrected chi connectivity index (χ1v) is 18.4. The van der Waals surface area contributed by atoms with Gasteiger partial charge in [0.05, 0.1) is 38.3 Å². The number of amides is 6. The van der Waals surface area contributed by atoms with Gasteiger partial charge in [0.1, 0.15) is 24.2 Å². The summed E-state index contributed by atoms with van der Waals surface area (Å²) >= 11 is 0. The van der Waals surface area contributed by atoms with Gasteiger partial charge in [-0.2, -0.15) is 0 Å². The number of nitrogens with two attached hydrogens (primary N) is 1. The number of likely N-dealkylation sites (tertiary alicyclic amines) is 1. The minimum atomic E-state index is -1.50. The number of ether oxygens (including phenoxy) is 1. The summed E-state index contributed by atoms with van der Waals surface area (Å²) in [5.74, 6) is -5.18. The minimum Gasteiger partial charge on any atom is -0.467 e. The summed E-state index contributed by atoms with van der Waals surface area (Å²) in [6.07, 6.45) is 0.164. The summed E-state index contributed by atoms with van der Waals surface area (Å²) in [6, 6.07) is 2.50. The molecule has 17 heteroatoms. The van der Waals surface area contributed by atoms with Gasteiger partial charge in [0.15, 0.2) is 0 Å². The van der Waals surface area contributed by atoms with Crippen molar-refractivity contribution >= 4 is 41.4 Å². The molecule has 2 rings (SSSR count). The van der Waals surface area contributed by atoms with Crippen LogP contribution >= 0.6 is 0 Å². The lowest BCUT2D eigenvalue weighted by Gasteiger charge is -2.32. The maximum Gasteiger partial charge on any atom is 0.328 e. The predicted octanol–water partition coefficient (Wildman–Crippen LogP) is -1.37. The summed E-state index contributed by atoms with van der Waals surface area (Å²) in [4.78, 5) is 91.6. The Balaban J connectivity index is 2.31. The van der Waals surface area contributed by atoms with Gasteiger partial charge < -0.3 is 47.3 Å². The SMILES string of the molecule is CC[C@H](C)[C@H](NC(=O)[C@@H]1CCCN1C[C@@H](O)[C@H](Cc1ccccc1)NC(=O)[C@H](CC(N)=O)NC(=O)[C@H](CC(C)C)NC(=O)[C@H](CO)NC(C)=O)C(=O)OC.